The van der Waals surface area contributed by atoms with Crippen LogP contribution in [0.4, 0.5) is 8.78 Å². The van der Waals surface area contributed by atoms with Gasteiger partial charge in [0.15, 0.2) is 11.6 Å². The summed E-state index contributed by atoms with van der Waals surface area (Å²) in [6.07, 6.45) is 0.597. The van der Waals surface area contributed by atoms with Crippen molar-refractivity contribution in [2.75, 3.05) is 26.3 Å². The molecule has 0 amide bonds. The first-order valence-corrected chi connectivity index (χ1v) is 5.79. The number of nitrogens with zero attached hydrogens (tertiary/aromatic N) is 1. The lowest BCUT2D eigenvalue weighted by Crippen LogP contribution is -2.48. The normalized spacial score (nSPS) is 16.9. The minimum absolute atomic E-state index is 0.409. The third-order valence-corrected chi connectivity index (χ3v) is 3.03. The lowest BCUT2D eigenvalue weighted by molar-refractivity contribution is -0.0752. The molecule has 3 nitrogen and oxygen atoms in total. The third-order valence-electron chi connectivity index (χ3n) is 3.03. The summed E-state index contributed by atoms with van der Waals surface area (Å²) in [4.78, 5) is 0. The summed E-state index contributed by atoms with van der Waals surface area (Å²) in [6.45, 7) is 2.10. The second-order valence-electron chi connectivity index (χ2n) is 4.56. The molecule has 1 fully saturated rings. The van der Waals surface area contributed by atoms with Crippen LogP contribution in [-0.2, 0) is 11.2 Å². The molecule has 5 heteroatoms. The van der Waals surface area contributed by atoms with E-state index >= 15 is 0 Å². The van der Waals surface area contributed by atoms with Gasteiger partial charge in [0, 0.05) is 6.54 Å². The lowest BCUT2D eigenvalue weighted by atomic mass is 9.88. The molecule has 0 aromatic heterocycles. The molecule has 1 aromatic carbocycles. The Hall–Kier alpha value is -1.51. The number of rotatable bonds is 5. The fraction of sp³-hybridized carbons (Fsp3) is 0.462. The van der Waals surface area contributed by atoms with Crippen LogP contribution in [0.25, 0.3) is 0 Å². The number of benzene rings is 1. The summed E-state index contributed by atoms with van der Waals surface area (Å²) < 4.78 is 30.7. The molecule has 2 rings (SSSR count). The third kappa shape index (κ3) is 2.84. The number of nitrogens with one attached hydrogen (secondary N) is 1. The Kier molecular flexibility index (Phi) is 3.90. The van der Waals surface area contributed by atoms with Crippen molar-refractivity contribution in [3.05, 3.63) is 35.4 Å². The molecule has 1 aliphatic heterocycles. The van der Waals surface area contributed by atoms with Crippen molar-refractivity contribution in [1.82, 2.24) is 5.32 Å². The van der Waals surface area contributed by atoms with E-state index in [-0.39, 0.29) is 0 Å². The summed E-state index contributed by atoms with van der Waals surface area (Å²) >= 11 is 0. The smallest absolute Gasteiger partial charge is 0.159 e. The number of nitriles is 1. The summed E-state index contributed by atoms with van der Waals surface area (Å²) in [5.41, 5.74) is 0.325. The first kappa shape index (κ1) is 12.9. The first-order chi connectivity index (χ1) is 8.65. The van der Waals surface area contributed by atoms with Gasteiger partial charge in [0.25, 0.3) is 0 Å². The van der Waals surface area contributed by atoms with Crippen LogP contribution in [0, 0.1) is 28.4 Å². The van der Waals surface area contributed by atoms with E-state index in [1.165, 1.54) is 6.07 Å². The zero-order valence-corrected chi connectivity index (χ0v) is 9.88. The maximum absolute atomic E-state index is 12.9. The number of ether oxygens (including phenoxy) is 1. The van der Waals surface area contributed by atoms with Gasteiger partial charge in [-0.05, 0) is 30.7 Å². The monoisotopic (exact) mass is 252 g/mol. The van der Waals surface area contributed by atoms with Crippen molar-refractivity contribution in [3.8, 4) is 6.07 Å². The summed E-state index contributed by atoms with van der Waals surface area (Å²) in [7, 11) is 0. The van der Waals surface area contributed by atoms with Gasteiger partial charge in [0.05, 0.1) is 19.3 Å². The van der Waals surface area contributed by atoms with Crippen LogP contribution in [0.1, 0.15) is 5.56 Å². The first-order valence-electron chi connectivity index (χ1n) is 5.79. The molecule has 0 aliphatic carbocycles. The van der Waals surface area contributed by atoms with E-state index in [2.05, 4.69) is 11.4 Å². The van der Waals surface area contributed by atoms with Crippen molar-refractivity contribution >= 4 is 0 Å². The Morgan fingerprint density at radius 1 is 1.33 bits per heavy atom. The molecule has 96 valence electrons. The average molecular weight is 252 g/mol. The molecule has 18 heavy (non-hydrogen) atoms. The van der Waals surface area contributed by atoms with E-state index < -0.39 is 17.0 Å². The van der Waals surface area contributed by atoms with Crippen molar-refractivity contribution in [1.29, 1.82) is 5.26 Å². The lowest BCUT2D eigenvalue weighted by Gasteiger charge is -2.35. The summed E-state index contributed by atoms with van der Waals surface area (Å²) in [5, 5.41) is 12.1. The maximum Gasteiger partial charge on any atom is 0.159 e. The maximum atomic E-state index is 12.9. The fourth-order valence-corrected chi connectivity index (χ4v) is 1.81. The molecule has 1 heterocycles. The van der Waals surface area contributed by atoms with Gasteiger partial charge in [-0.3, -0.25) is 0 Å². The molecule has 0 atom stereocenters. The molecule has 0 bridgehead atoms. The van der Waals surface area contributed by atoms with E-state index in [9.17, 15) is 8.78 Å². The van der Waals surface area contributed by atoms with Crippen molar-refractivity contribution in [2.45, 2.75) is 6.42 Å². The Morgan fingerprint density at radius 2 is 2.11 bits per heavy atom. The Labute approximate surface area is 104 Å². The highest BCUT2D eigenvalue weighted by Crippen LogP contribution is 2.25. The van der Waals surface area contributed by atoms with E-state index in [0.29, 0.717) is 32.7 Å². The zero-order valence-electron chi connectivity index (χ0n) is 9.88. The molecular weight excluding hydrogens is 238 g/mol. The molecule has 0 radical (unpaired) electrons. The highest BCUT2D eigenvalue weighted by Gasteiger charge is 2.38. The van der Waals surface area contributed by atoms with Gasteiger partial charge in [-0.2, -0.15) is 5.26 Å². The van der Waals surface area contributed by atoms with Gasteiger partial charge < -0.3 is 10.1 Å². The molecule has 1 saturated heterocycles. The summed E-state index contributed by atoms with van der Waals surface area (Å²) in [6, 6.07) is 6.12. The Morgan fingerprint density at radius 3 is 2.67 bits per heavy atom. The molecule has 1 aromatic rings. The van der Waals surface area contributed by atoms with E-state index in [1.807, 2.05) is 0 Å². The van der Waals surface area contributed by atoms with Crippen molar-refractivity contribution in [3.63, 3.8) is 0 Å². The van der Waals surface area contributed by atoms with Gasteiger partial charge in [-0.15, -0.1) is 0 Å². The predicted molar refractivity (Wildman–Crippen MR) is 61.8 cm³/mol. The SMILES string of the molecule is N#CC1(CNCCc2ccc(F)c(F)c2)COC1. The Bertz CT molecular complexity index is 467. The van der Waals surface area contributed by atoms with Crippen molar-refractivity contribution in [2.24, 2.45) is 5.41 Å². The van der Waals surface area contributed by atoms with Gasteiger partial charge in [0.2, 0.25) is 0 Å². The Balaban J connectivity index is 1.75. The molecule has 1 aliphatic rings. The van der Waals surface area contributed by atoms with Crippen LogP contribution in [0.3, 0.4) is 0 Å². The van der Waals surface area contributed by atoms with Crippen molar-refractivity contribution < 1.29 is 13.5 Å². The van der Waals surface area contributed by atoms with Crippen LogP contribution in [0.2, 0.25) is 0 Å². The standard InChI is InChI=1S/C13H14F2N2O/c14-11-2-1-10(5-12(11)15)3-4-17-7-13(6-16)8-18-9-13/h1-2,5,17H,3-4,7-9H2. The van der Waals surface area contributed by atoms with Gasteiger partial charge >= 0.3 is 0 Å². The van der Waals surface area contributed by atoms with Gasteiger partial charge in [0.1, 0.15) is 5.41 Å². The number of halogens is 2. The fourth-order valence-electron chi connectivity index (χ4n) is 1.81. The summed E-state index contributed by atoms with van der Waals surface area (Å²) in [5.74, 6) is -1.66. The average Bonchev–Trinajstić information content (AvgIpc) is 2.32. The minimum atomic E-state index is -0.832. The number of hydrogen-bond donors (Lipinski definition) is 1. The quantitative estimate of drug-likeness (QED) is 0.810. The molecule has 0 unspecified atom stereocenters. The minimum Gasteiger partial charge on any atom is -0.378 e. The highest BCUT2D eigenvalue weighted by atomic mass is 19.2. The largest absolute Gasteiger partial charge is 0.378 e. The van der Waals surface area contributed by atoms with Gasteiger partial charge in [-0.25, -0.2) is 8.78 Å². The number of hydrogen-bond acceptors (Lipinski definition) is 3. The van der Waals surface area contributed by atoms with E-state index in [1.54, 1.807) is 6.07 Å². The molecule has 1 N–H and O–H groups in total. The van der Waals surface area contributed by atoms with Crippen LogP contribution in [-0.4, -0.2) is 26.3 Å². The topological polar surface area (TPSA) is 45.0 Å². The van der Waals surface area contributed by atoms with E-state index in [4.69, 9.17) is 10.00 Å². The predicted octanol–water partition coefficient (Wildman–Crippen LogP) is 1.64. The zero-order chi connectivity index (χ0) is 13.0. The molecule has 0 saturated carbocycles. The molecular formula is C13H14F2N2O. The van der Waals surface area contributed by atoms with Crippen LogP contribution >= 0.6 is 0 Å². The molecule has 0 spiro atoms. The van der Waals surface area contributed by atoms with E-state index in [0.717, 1.165) is 11.6 Å². The van der Waals surface area contributed by atoms with Crippen LogP contribution in [0.15, 0.2) is 18.2 Å². The van der Waals surface area contributed by atoms with Crippen LogP contribution < -0.4 is 5.32 Å². The second kappa shape index (κ2) is 5.42. The van der Waals surface area contributed by atoms with Crippen LogP contribution in [0.5, 0.6) is 0 Å². The van der Waals surface area contributed by atoms with Gasteiger partial charge in [-0.1, -0.05) is 6.07 Å². The highest BCUT2D eigenvalue weighted by molar-refractivity contribution is 5.18. The second-order valence-corrected chi connectivity index (χ2v) is 4.56.